The van der Waals surface area contributed by atoms with E-state index in [1.54, 1.807) is 18.3 Å². The van der Waals surface area contributed by atoms with Crippen molar-refractivity contribution in [1.82, 2.24) is 9.88 Å². The largest absolute Gasteiger partial charge is 0.491 e. The van der Waals surface area contributed by atoms with Crippen molar-refractivity contribution in [1.29, 1.82) is 5.26 Å². The van der Waals surface area contributed by atoms with Crippen LogP contribution >= 0.6 is 0 Å². The van der Waals surface area contributed by atoms with E-state index in [-0.39, 0.29) is 0 Å². The number of aromatic nitrogens is 1. The van der Waals surface area contributed by atoms with Gasteiger partial charge in [0, 0.05) is 6.54 Å². The number of hydrogen-bond donors (Lipinski definition) is 0. The van der Waals surface area contributed by atoms with Crippen LogP contribution in [0.3, 0.4) is 0 Å². The van der Waals surface area contributed by atoms with E-state index in [1.165, 1.54) is 32.4 Å². The van der Waals surface area contributed by atoms with Crippen molar-refractivity contribution in [2.45, 2.75) is 19.3 Å². The van der Waals surface area contributed by atoms with Crippen molar-refractivity contribution in [2.24, 2.45) is 0 Å². The molecule has 90 valence electrons. The summed E-state index contributed by atoms with van der Waals surface area (Å²) >= 11 is 0. The summed E-state index contributed by atoms with van der Waals surface area (Å²) in [5.41, 5.74) is 0.424. The zero-order valence-corrected chi connectivity index (χ0v) is 9.93. The van der Waals surface area contributed by atoms with Gasteiger partial charge in [-0.05, 0) is 38.1 Å². The minimum absolute atomic E-state index is 0.424. The SMILES string of the molecule is N#Cc1ccc(OCCN2CCCCC2)cn1. The summed E-state index contributed by atoms with van der Waals surface area (Å²) in [5, 5.41) is 8.61. The zero-order valence-electron chi connectivity index (χ0n) is 9.93. The molecule has 1 aliphatic rings. The van der Waals surface area contributed by atoms with Crippen LogP contribution in [-0.4, -0.2) is 36.1 Å². The van der Waals surface area contributed by atoms with Crippen LogP contribution < -0.4 is 4.74 Å². The van der Waals surface area contributed by atoms with E-state index >= 15 is 0 Å². The third-order valence-electron chi connectivity index (χ3n) is 2.98. The zero-order chi connectivity index (χ0) is 11.9. The van der Waals surface area contributed by atoms with Gasteiger partial charge >= 0.3 is 0 Å². The average Bonchev–Trinajstić information content (AvgIpc) is 2.41. The fraction of sp³-hybridized carbons (Fsp3) is 0.538. The van der Waals surface area contributed by atoms with Gasteiger partial charge in [-0.3, -0.25) is 4.90 Å². The summed E-state index contributed by atoms with van der Waals surface area (Å²) in [6, 6.07) is 5.46. The lowest BCUT2D eigenvalue weighted by Gasteiger charge is -2.26. The molecule has 0 spiro atoms. The second-order valence-electron chi connectivity index (χ2n) is 4.24. The Kier molecular flexibility index (Phi) is 4.34. The summed E-state index contributed by atoms with van der Waals surface area (Å²) in [4.78, 5) is 6.39. The Hall–Kier alpha value is -1.60. The minimum Gasteiger partial charge on any atom is -0.491 e. The highest BCUT2D eigenvalue weighted by Gasteiger charge is 2.09. The number of piperidine rings is 1. The third-order valence-corrected chi connectivity index (χ3v) is 2.98. The number of rotatable bonds is 4. The fourth-order valence-electron chi connectivity index (χ4n) is 2.01. The molecule has 0 N–H and O–H groups in total. The Bertz CT molecular complexity index is 377. The summed E-state index contributed by atoms with van der Waals surface area (Å²) < 4.78 is 5.59. The lowest BCUT2D eigenvalue weighted by atomic mass is 10.1. The first-order valence-electron chi connectivity index (χ1n) is 6.10. The Morgan fingerprint density at radius 1 is 1.29 bits per heavy atom. The molecule has 0 bridgehead atoms. The molecule has 4 heteroatoms. The van der Waals surface area contributed by atoms with Crippen molar-refractivity contribution in [3.05, 3.63) is 24.0 Å². The van der Waals surface area contributed by atoms with Gasteiger partial charge in [-0.15, -0.1) is 0 Å². The van der Waals surface area contributed by atoms with E-state index in [1.807, 2.05) is 6.07 Å². The Labute approximate surface area is 102 Å². The Morgan fingerprint density at radius 2 is 2.12 bits per heavy atom. The molecule has 1 aromatic rings. The van der Waals surface area contributed by atoms with Gasteiger partial charge in [0.1, 0.15) is 24.1 Å². The number of nitriles is 1. The highest BCUT2D eigenvalue weighted by molar-refractivity contribution is 5.26. The van der Waals surface area contributed by atoms with Crippen molar-refractivity contribution in [3.8, 4) is 11.8 Å². The van der Waals surface area contributed by atoms with Crippen molar-refractivity contribution < 1.29 is 4.74 Å². The predicted octanol–water partition coefficient (Wildman–Crippen LogP) is 1.82. The highest BCUT2D eigenvalue weighted by Crippen LogP contribution is 2.10. The lowest BCUT2D eigenvalue weighted by Crippen LogP contribution is -2.33. The fourth-order valence-corrected chi connectivity index (χ4v) is 2.01. The molecular weight excluding hydrogens is 214 g/mol. The summed E-state index contributed by atoms with van der Waals surface area (Å²) in [5.74, 6) is 0.737. The molecule has 1 aliphatic heterocycles. The molecule has 0 saturated carbocycles. The smallest absolute Gasteiger partial charge is 0.140 e. The first-order chi connectivity index (χ1) is 8.38. The molecule has 0 amide bonds. The number of hydrogen-bond acceptors (Lipinski definition) is 4. The van der Waals surface area contributed by atoms with Gasteiger partial charge in [-0.2, -0.15) is 5.26 Å². The molecule has 0 aromatic carbocycles. The van der Waals surface area contributed by atoms with Crippen molar-refractivity contribution in [3.63, 3.8) is 0 Å². The standard InChI is InChI=1S/C13H17N3O/c14-10-12-4-5-13(11-15-12)17-9-8-16-6-2-1-3-7-16/h4-5,11H,1-3,6-9H2. The molecule has 0 radical (unpaired) electrons. The molecule has 0 unspecified atom stereocenters. The first kappa shape index (κ1) is 11.9. The van der Waals surface area contributed by atoms with Gasteiger partial charge in [0.15, 0.2) is 0 Å². The number of ether oxygens (including phenoxy) is 1. The van der Waals surface area contributed by atoms with Gasteiger partial charge in [-0.1, -0.05) is 6.42 Å². The molecule has 1 fully saturated rings. The molecule has 17 heavy (non-hydrogen) atoms. The molecule has 0 aliphatic carbocycles. The number of likely N-dealkylation sites (tertiary alicyclic amines) is 1. The lowest BCUT2D eigenvalue weighted by molar-refractivity contribution is 0.183. The van der Waals surface area contributed by atoms with Gasteiger partial charge in [0.2, 0.25) is 0 Å². The van der Waals surface area contributed by atoms with Crippen LogP contribution in [-0.2, 0) is 0 Å². The molecule has 2 rings (SSSR count). The van der Waals surface area contributed by atoms with Crippen LogP contribution in [0.4, 0.5) is 0 Å². The molecule has 2 heterocycles. The quantitative estimate of drug-likeness (QED) is 0.793. The predicted molar refractivity (Wildman–Crippen MR) is 64.7 cm³/mol. The van der Waals surface area contributed by atoms with Crippen LogP contribution in [0, 0.1) is 11.3 Å². The van der Waals surface area contributed by atoms with Crippen LogP contribution in [0.5, 0.6) is 5.75 Å². The Balaban J connectivity index is 1.72. The van der Waals surface area contributed by atoms with Crippen molar-refractivity contribution >= 4 is 0 Å². The third kappa shape index (κ3) is 3.72. The van der Waals surface area contributed by atoms with E-state index in [9.17, 15) is 0 Å². The van der Waals surface area contributed by atoms with Gasteiger partial charge < -0.3 is 4.74 Å². The second-order valence-corrected chi connectivity index (χ2v) is 4.24. The highest BCUT2D eigenvalue weighted by atomic mass is 16.5. The van der Waals surface area contributed by atoms with Crippen LogP contribution in [0.2, 0.25) is 0 Å². The minimum atomic E-state index is 0.424. The molecule has 1 aromatic heterocycles. The van der Waals surface area contributed by atoms with Crippen molar-refractivity contribution in [2.75, 3.05) is 26.2 Å². The maximum absolute atomic E-state index is 8.61. The summed E-state index contributed by atoms with van der Waals surface area (Å²) in [7, 11) is 0. The van der Waals surface area contributed by atoms with E-state index in [2.05, 4.69) is 9.88 Å². The van der Waals surface area contributed by atoms with E-state index in [4.69, 9.17) is 10.00 Å². The summed E-state index contributed by atoms with van der Waals surface area (Å²) in [6.07, 6.45) is 5.57. The van der Waals surface area contributed by atoms with Gasteiger partial charge in [-0.25, -0.2) is 4.98 Å². The second kappa shape index (κ2) is 6.21. The average molecular weight is 231 g/mol. The van der Waals surface area contributed by atoms with Crippen LogP contribution in [0.25, 0.3) is 0 Å². The van der Waals surface area contributed by atoms with Crippen LogP contribution in [0.1, 0.15) is 25.0 Å². The van der Waals surface area contributed by atoms with E-state index in [0.717, 1.165) is 12.3 Å². The monoisotopic (exact) mass is 231 g/mol. The van der Waals surface area contributed by atoms with E-state index < -0.39 is 0 Å². The maximum atomic E-state index is 8.61. The number of nitrogens with zero attached hydrogens (tertiary/aromatic N) is 3. The molecule has 0 atom stereocenters. The Morgan fingerprint density at radius 3 is 2.76 bits per heavy atom. The molecular formula is C13H17N3O. The molecule has 4 nitrogen and oxygen atoms in total. The summed E-state index contributed by atoms with van der Waals surface area (Å²) in [6.45, 7) is 4.04. The topological polar surface area (TPSA) is 49.1 Å². The normalized spacial score (nSPS) is 16.4. The maximum Gasteiger partial charge on any atom is 0.140 e. The molecule has 1 saturated heterocycles. The number of pyridine rings is 1. The van der Waals surface area contributed by atoms with Gasteiger partial charge in [0.25, 0.3) is 0 Å². The first-order valence-corrected chi connectivity index (χ1v) is 6.10. The van der Waals surface area contributed by atoms with Gasteiger partial charge in [0.05, 0.1) is 6.20 Å². The van der Waals surface area contributed by atoms with Crippen LogP contribution in [0.15, 0.2) is 18.3 Å². The van der Waals surface area contributed by atoms with E-state index in [0.29, 0.717) is 12.3 Å².